The molecular weight excluding hydrogens is 280 g/mol. The van der Waals surface area contributed by atoms with Crippen LogP contribution in [0.2, 0.25) is 5.02 Å². The van der Waals surface area contributed by atoms with Crippen LogP contribution in [0.4, 0.5) is 0 Å². The molecule has 1 unspecified atom stereocenters. The van der Waals surface area contributed by atoms with E-state index >= 15 is 0 Å². The molecule has 1 fully saturated rings. The van der Waals surface area contributed by atoms with Gasteiger partial charge in [-0.05, 0) is 18.2 Å². The van der Waals surface area contributed by atoms with Crippen molar-refractivity contribution in [3.63, 3.8) is 0 Å². The summed E-state index contributed by atoms with van der Waals surface area (Å²) in [6, 6.07) is 6.95. The zero-order valence-electron chi connectivity index (χ0n) is 11.3. The van der Waals surface area contributed by atoms with Crippen LogP contribution in [-0.2, 0) is 4.79 Å². The van der Waals surface area contributed by atoms with Crippen LogP contribution in [-0.4, -0.2) is 41.4 Å². The number of nitrogens with zero attached hydrogens (tertiary/aromatic N) is 2. The Morgan fingerprint density at radius 3 is 3.05 bits per heavy atom. The number of amides is 1. The van der Waals surface area contributed by atoms with Gasteiger partial charge in [0.05, 0.1) is 5.71 Å². The molecule has 1 N–H and O–H groups in total. The van der Waals surface area contributed by atoms with Gasteiger partial charge in [-0.1, -0.05) is 29.7 Å². The lowest BCUT2D eigenvalue weighted by Crippen LogP contribution is -2.45. The molecule has 1 aromatic rings. The molecule has 5 nitrogen and oxygen atoms in total. The van der Waals surface area contributed by atoms with Crippen LogP contribution in [0, 0.1) is 5.92 Å². The molecular formula is C14H17ClN2O3. The molecule has 1 atom stereocenters. The summed E-state index contributed by atoms with van der Waals surface area (Å²) in [5.41, 5.74) is 0.741. The summed E-state index contributed by atoms with van der Waals surface area (Å²) in [6.07, 6.45) is 0.598. The van der Waals surface area contributed by atoms with Crippen molar-refractivity contribution in [3.05, 3.63) is 29.3 Å². The topological polar surface area (TPSA) is 62.1 Å². The third-order valence-electron chi connectivity index (χ3n) is 3.34. The first kappa shape index (κ1) is 14.7. The molecule has 2 rings (SSSR count). The number of halogens is 1. The van der Waals surface area contributed by atoms with Gasteiger partial charge in [-0.25, -0.2) is 0 Å². The monoisotopic (exact) mass is 296 g/mol. The number of rotatable bonds is 3. The van der Waals surface area contributed by atoms with Crippen molar-refractivity contribution in [1.82, 2.24) is 4.90 Å². The highest BCUT2D eigenvalue weighted by atomic mass is 35.5. The van der Waals surface area contributed by atoms with Gasteiger partial charge in [-0.3, -0.25) is 4.79 Å². The molecule has 0 aliphatic carbocycles. The van der Waals surface area contributed by atoms with E-state index in [1.54, 1.807) is 29.2 Å². The van der Waals surface area contributed by atoms with Gasteiger partial charge in [-0.15, -0.1) is 0 Å². The van der Waals surface area contributed by atoms with Crippen LogP contribution < -0.4 is 4.74 Å². The Kier molecular flexibility index (Phi) is 4.84. The first-order valence-corrected chi connectivity index (χ1v) is 6.85. The number of hydrogen-bond donors (Lipinski definition) is 1. The Morgan fingerprint density at radius 1 is 1.60 bits per heavy atom. The smallest absolute Gasteiger partial charge is 0.260 e. The predicted molar refractivity (Wildman–Crippen MR) is 76.5 cm³/mol. The zero-order chi connectivity index (χ0) is 14.5. The fraction of sp³-hybridized carbons (Fsp3) is 0.429. The van der Waals surface area contributed by atoms with E-state index in [-0.39, 0.29) is 18.4 Å². The second kappa shape index (κ2) is 6.61. The van der Waals surface area contributed by atoms with Crippen LogP contribution in [0.15, 0.2) is 29.4 Å². The molecule has 0 aromatic heterocycles. The van der Waals surface area contributed by atoms with Crippen molar-refractivity contribution in [2.45, 2.75) is 13.3 Å². The lowest BCUT2D eigenvalue weighted by molar-refractivity contribution is -0.134. The molecule has 1 saturated heterocycles. The van der Waals surface area contributed by atoms with Crippen LogP contribution in [0.25, 0.3) is 0 Å². The average molecular weight is 297 g/mol. The maximum absolute atomic E-state index is 12.1. The number of ether oxygens (including phenoxy) is 1. The molecule has 0 spiro atoms. The van der Waals surface area contributed by atoms with E-state index < -0.39 is 0 Å². The largest absolute Gasteiger partial charge is 0.484 e. The molecule has 20 heavy (non-hydrogen) atoms. The summed E-state index contributed by atoms with van der Waals surface area (Å²) in [7, 11) is 0. The highest BCUT2D eigenvalue weighted by Gasteiger charge is 2.25. The van der Waals surface area contributed by atoms with E-state index in [4.69, 9.17) is 21.5 Å². The van der Waals surface area contributed by atoms with Crippen molar-refractivity contribution in [2.75, 3.05) is 19.7 Å². The average Bonchev–Trinajstić information content (AvgIpc) is 2.44. The van der Waals surface area contributed by atoms with E-state index in [1.807, 2.05) is 6.92 Å². The summed E-state index contributed by atoms with van der Waals surface area (Å²) in [6.45, 7) is 3.03. The summed E-state index contributed by atoms with van der Waals surface area (Å²) in [5, 5.41) is 12.6. The first-order chi connectivity index (χ1) is 9.60. The standard InChI is InChI=1S/C14H17ClN2O3/c1-10-8-17(6-5-13(10)16-19)14(18)9-20-12-4-2-3-11(15)7-12/h2-4,7,10,19H,5-6,8-9H2,1H3/b16-13+. The minimum absolute atomic E-state index is 0.0152. The minimum Gasteiger partial charge on any atom is -0.484 e. The molecule has 1 heterocycles. The molecule has 1 amide bonds. The predicted octanol–water partition coefficient (Wildman–Crippen LogP) is 2.42. The summed E-state index contributed by atoms with van der Waals surface area (Å²) in [5.74, 6) is 0.575. The van der Waals surface area contributed by atoms with Crippen molar-refractivity contribution < 1.29 is 14.7 Å². The molecule has 1 aliphatic rings. The fourth-order valence-corrected chi connectivity index (χ4v) is 2.37. The van der Waals surface area contributed by atoms with Crippen molar-refractivity contribution >= 4 is 23.2 Å². The highest BCUT2D eigenvalue weighted by molar-refractivity contribution is 6.30. The van der Waals surface area contributed by atoms with Gasteiger partial charge in [0.1, 0.15) is 5.75 Å². The van der Waals surface area contributed by atoms with Crippen LogP contribution in [0.1, 0.15) is 13.3 Å². The molecule has 6 heteroatoms. The maximum atomic E-state index is 12.1. The van der Waals surface area contributed by atoms with Crippen LogP contribution in [0.5, 0.6) is 5.75 Å². The van der Waals surface area contributed by atoms with Gasteiger partial charge in [-0.2, -0.15) is 0 Å². The second-order valence-electron chi connectivity index (χ2n) is 4.83. The maximum Gasteiger partial charge on any atom is 0.260 e. The van der Waals surface area contributed by atoms with E-state index in [0.29, 0.717) is 30.3 Å². The van der Waals surface area contributed by atoms with E-state index in [9.17, 15) is 4.79 Å². The second-order valence-corrected chi connectivity index (χ2v) is 5.26. The van der Waals surface area contributed by atoms with E-state index in [2.05, 4.69) is 5.16 Å². The van der Waals surface area contributed by atoms with Crippen molar-refractivity contribution in [3.8, 4) is 5.75 Å². The third-order valence-corrected chi connectivity index (χ3v) is 3.58. The molecule has 1 aromatic carbocycles. The summed E-state index contributed by atoms with van der Waals surface area (Å²) < 4.78 is 5.43. The zero-order valence-corrected chi connectivity index (χ0v) is 12.0. The number of piperidine rings is 1. The van der Waals surface area contributed by atoms with Gasteiger partial charge in [0.2, 0.25) is 0 Å². The van der Waals surface area contributed by atoms with Gasteiger partial charge < -0.3 is 14.8 Å². The van der Waals surface area contributed by atoms with Crippen molar-refractivity contribution in [2.24, 2.45) is 11.1 Å². The molecule has 1 aliphatic heterocycles. The highest BCUT2D eigenvalue weighted by Crippen LogP contribution is 2.18. The lowest BCUT2D eigenvalue weighted by atomic mass is 9.98. The lowest BCUT2D eigenvalue weighted by Gasteiger charge is -2.31. The Bertz CT molecular complexity index is 519. The van der Waals surface area contributed by atoms with Gasteiger partial charge >= 0.3 is 0 Å². The van der Waals surface area contributed by atoms with Crippen LogP contribution >= 0.6 is 11.6 Å². The normalized spacial score (nSPS) is 21.0. The first-order valence-electron chi connectivity index (χ1n) is 6.47. The molecule has 0 saturated carbocycles. The Hall–Kier alpha value is -1.75. The number of carbonyl (C=O) groups is 1. The number of benzene rings is 1. The number of carbonyl (C=O) groups excluding carboxylic acids is 1. The SMILES string of the molecule is CC1CN(C(=O)COc2cccc(Cl)c2)CC/C1=N\O. The van der Waals surface area contributed by atoms with Crippen molar-refractivity contribution in [1.29, 1.82) is 0 Å². The van der Waals surface area contributed by atoms with E-state index in [1.165, 1.54) is 0 Å². The van der Waals surface area contributed by atoms with Gasteiger partial charge in [0.15, 0.2) is 6.61 Å². The Labute approximate surface area is 122 Å². The number of hydrogen-bond acceptors (Lipinski definition) is 4. The minimum atomic E-state index is -0.0752. The molecule has 0 bridgehead atoms. The number of oxime groups is 1. The fourth-order valence-electron chi connectivity index (χ4n) is 2.19. The molecule has 108 valence electrons. The summed E-state index contributed by atoms with van der Waals surface area (Å²) in [4.78, 5) is 13.8. The number of likely N-dealkylation sites (tertiary alicyclic amines) is 1. The van der Waals surface area contributed by atoms with E-state index in [0.717, 1.165) is 5.71 Å². The Morgan fingerprint density at radius 2 is 2.40 bits per heavy atom. The third kappa shape index (κ3) is 3.63. The quantitative estimate of drug-likeness (QED) is 0.688. The van der Waals surface area contributed by atoms with Gasteiger partial charge in [0, 0.05) is 30.5 Å². The summed E-state index contributed by atoms with van der Waals surface area (Å²) >= 11 is 5.85. The van der Waals surface area contributed by atoms with Crippen LogP contribution in [0.3, 0.4) is 0 Å². The molecule has 0 radical (unpaired) electrons. The van der Waals surface area contributed by atoms with Gasteiger partial charge in [0.25, 0.3) is 5.91 Å². The Balaban J connectivity index is 1.87.